The summed E-state index contributed by atoms with van der Waals surface area (Å²) < 4.78 is 28.8. The predicted octanol–water partition coefficient (Wildman–Crippen LogP) is 0.501. The number of aromatic nitrogens is 4. The number of sulfonamides is 1. The number of anilines is 1. The molecular weight excluding hydrogens is 300 g/mol. The molecule has 20 heavy (non-hydrogen) atoms. The number of rotatable bonds is 6. The highest BCUT2D eigenvalue weighted by Gasteiger charge is 2.25. The molecule has 0 saturated heterocycles. The fourth-order valence-corrected chi connectivity index (χ4v) is 4.02. The molecule has 2 aromatic rings. The maximum Gasteiger partial charge on any atom is 0.267 e. The Labute approximate surface area is 121 Å². The van der Waals surface area contributed by atoms with Crippen LogP contribution in [0.1, 0.15) is 17.8 Å². The molecule has 0 fully saturated rings. The molecule has 0 spiro atoms. The average molecular weight is 316 g/mol. The van der Waals surface area contributed by atoms with E-state index in [0.29, 0.717) is 24.5 Å². The van der Waals surface area contributed by atoms with Gasteiger partial charge in [-0.1, -0.05) is 11.3 Å². The molecule has 2 rings (SSSR count). The summed E-state index contributed by atoms with van der Waals surface area (Å²) in [4.78, 5) is 0.185. The van der Waals surface area contributed by atoms with E-state index in [4.69, 9.17) is 5.73 Å². The van der Waals surface area contributed by atoms with Gasteiger partial charge in [0.05, 0.1) is 11.4 Å². The van der Waals surface area contributed by atoms with Crippen LogP contribution in [-0.4, -0.2) is 34.9 Å². The normalized spacial score (nSPS) is 11.8. The monoisotopic (exact) mass is 316 g/mol. The molecule has 0 saturated carbocycles. The van der Waals surface area contributed by atoms with E-state index < -0.39 is 10.0 Å². The van der Waals surface area contributed by atoms with Gasteiger partial charge in [0.15, 0.2) is 0 Å². The molecule has 0 radical (unpaired) electrons. The van der Waals surface area contributed by atoms with Crippen molar-refractivity contribution < 1.29 is 8.42 Å². The minimum atomic E-state index is -3.71. The van der Waals surface area contributed by atoms with Gasteiger partial charge < -0.3 is 5.73 Å². The average Bonchev–Trinajstić information content (AvgIpc) is 2.94. The lowest BCUT2D eigenvalue weighted by Crippen LogP contribution is -2.15. The van der Waals surface area contributed by atoms with Crippen LogP contribution in [-0.2, 0) is 16.6 Å². The van der Waals surface area contributed by atoms with Crippen molar-refractivity contribution in [3.8, 4) is 0 Å². The van der Waals surface area contributed by atoms with E-state index in [-0.39, 0.29) is 10.0 Å². The van der Waals surface area contributed by atoms with Gasteiger partial charge in [0.1, 0.15) is 10.4 Å². The zero-order valence-electron chi connectivity index (χ0n) is 11.2. The smallest absolute Gasteiger partial charge is 0.267 e. The Balaban J connectivity index is 2.34. The molecule has 2 aromatic heterocycles. The fourth-order valence-electron chi connectivity index (χ4n) is 1.91. The molecule has 3 N–H and O–H groups in total. The fraction of sp³-hybridized carbons (Fsp3) is 0.500. The zero-order valence-corrected chi connectivity index (χ0v) is 12.8. The second-order valence-electron chi connectivity index (χ2n) is 4.21. The first-order valence-electron chi connectivity index (χ1n) is 5.98. The summed E-state index contributed by atoms with van der Waals surface area (Å²) in [5.74, 6) is 0. The molecule has 0 aliphatic rings. The van der Waals surface area contributed by atoms with E-state index in [9.17, 15) is 8.42 Å². The van der Waals surface area contributed by atoms with Crippen LogP contribution in [0.3, 0.4) is 0 Å². The lowest BCUT2D eigenvalue weighted by molar-refractivity contribution is 0.565. The third-order valence-corrected chi connectivity index (χ3v) is 5.07. The first-order chi connectivity index (χ1) is 9.45. The topological polar surface area (TPSA) is 116 Å². The Morgan fingerprint density at radius 2 is 2.20 bits per heavy atom. The second kappa shape index (κ2) is 5.85. The van der Waals surface area contributed by atoms with Crippen LogP contribution in [0.4, 0.5) is 5.13 Å². The molecule has 110 valence electrons. The van der Waals surface area contributed by atoms with E-state index in [1.807, 2.05) is 0 Å². The minimum Gasteiger partial charge on any atom is -0.330 e. The van der Waals surface area contributed by atoms with Crippen molar-refractivity contribution in [3.05, 3.63) is 16.9 Å². The number of aryl methyl sites for hydroxylation is 2. The number of nitrogens with two attached hydrogens (primary N) is 1. The Kier molecular flexibility index (Phi) is 4.35. The van der Waals surface area contributed by atoms with Crippen molar-refractivity contribution in [2.45, 2.75) is 31.7 Å². The molecule has 8 nitrogen and oxygen atoms in total. The Bertz CT molecular complexity index is 677. The second-order valence-corrected chi connectivity index (χ2v) is 6.67. The van der Waals surface area contributed by atoms with Gasteiger partial charge in [-0.05, 0) is 26.8 Å². The summed E-state index contributed by atoms with van der Waals surface area (Å²) in [6.45, 7) is 4.52. The van der Waals surface area contributed by atoms with E-state index in [0.717, 1.165) is 17.8 Å². The lowest BCUT2D eigenvalue weighted by Gasteiger charge is -2.06. The molecule has 0 atom stereocenters. The quantitative estimate of drug-likeness (QED) is 0.801. The van der Waals surface area contributed by atoms with Crippen molar-refractivity contribution in [2.24, 2.45) is 5.73 Å². The van der Waals surface area contributed by atoms with Crippen LogP contribution < -0.4 is 10.5 Å². The van der Waals surface area contributed by atoms with Crippen LogP contribution >= 0.6 is 11.3 Å². The Hall–Kier alpha value is -1.52. The van der Waals surface area contributed by atoms with Crippen molar-refractivity contribution in [2.75, 3.05) is 11.3 Å². The highest BCUT2D eigenvalue weighted by Crippen LogP contribution is 2.23. The first-order valence-corrected chi connectivity index (χ1v) is 8.35. The van der Waals surface area contributed by atoms with Gasteiger partial charge in [-0.2, -0.15) is 5.10 Å². The van der Waals surface area contributed by atoms with Crippen LogP contribution in [0.25, 0.3) is 0 Å². The van der Waals surface area contributed by atoms with Gasteiger partial charge in [-0.25, -0.2) is 8.42 Å². The van der Waals surface area contributed by atoms with Gasteiger partial charge in [0.2, 0.25) is 5.13 Å². The molecule has 2 heterocycles. The summed E-state index contributed by atoms with van der Waals surface area (Å²) in [6.07, 6.45) is 0.741. The molecule has 0 amide bonds. The van der Waals surface area contributed by atoms with Gasteiger partial charge in [-0.3, -0.25) is 9.40 Å². The maximum absolute atomic E-state index is 12.4. The molecule has 0 aromatic carbocycles. The standard InChI is InChI=1S/C10H16N6O2S2/c1-7-9(8(2)16(14-7)5-3-4-11)20(17,18)15-10-13-12-6-19-10/h6H,3-5,11H2,1-2H3,(H,13,15). The third kappa shape index (κ3) is 2.97. The Morgan fingerprint density at radius 3 is 2.80 bits per heavy atom. The molecule has 0 unspecified atom stereocenters. The highest BCUT2D eigenvalue weighted by atomic mass is 32.2. The maximum atomic E-state index is 12.4. The van der Waals surface area contributed by atoms with Crippen LogP contribution in [0.5, 0.6) is 0 Å². The van der Waals surface area contributed by atoms with Gasteiger partial charge >= 0.3 is 0 Å². The van der Waals surface area contributed by atoms with Crippen LogP contribution in [0.2, 0.25) is 0 Å². The number of nitrogens with one attached hydrogen (secondary N) is 1. The number of hydrogen-bond acceptors (Lipinski definition) is 7. The zero-order chi connectivity index (χ0) is 14.8. The van der Waals surface area contributed by atoms with E-state index in [1.54, 1.807) is 18.5 Å². The molecule has 10 heteroatoms. The molecule has 0 bridgehead atoms. The minimum absolute atomic E-state index is 0.185. The largest absolute Gasteiger partial charge is 0.330 e. The van der Waals surface area contributed by atoms with Crippen molar-refractivity contribution >= 4 is 26.5 Å². The number of hydrogen-bond donors (Lipinski definition) is 2. The SMILES string of the molecule is Cc1nn(CCCN)c(C)c1S(=O)(=O)Nc1nncs1. The van der Waals surface area contributed by atoms with Gasteiger partial charge in [0, 0.05) is 6.54 Å². The lowest BCUT2D eigenvalue weighted by atomic mass is 10.4. The van der Waals surface area contributed by atoms with Gasteiger partial charge in [0.25, 0.3) is 10.0 Å². The summed E-state index contributed by atoms with van der Waals surface area (Å²) in [5.41, 5.74) is 7.97. The van der Waals surface area contributed by atoms with Crippen molar-refractivity contribution in [3.63, 3.8) is 0 Å². The van der Waals surface area contributed by atoms with Crippen LogP contribution in [0.15, 0.2) is 10.4 Å². The van der Waals surface area contributed by atoms with Crippen molar-refractivity contribution in [1.82, 2.24) is 20.0 Å². The molecule has 0 aliphatic carbocycles. The van der Waals surface area contributed by atoms with E-state index >= 15 is 0 Å². The van der Waals surface area contributed by atoms with Crippen molar-refractivity contribution in [1.29, 1.82) is 0 Å². The molecule has 0 aliphatic heterocycles. The predicted molar refractivity (Wildman–Crippen MR) is 76.1 cm³/mol. The Morgan fingerprint density at radius 1 is 1.45 bits per heavy atom. The van der Waals surface area contributed by atoms with Gasteiger partial charge in [-0.15, -0.1) is 10.2 Å². The highest BCUT2D eigenvalue weighted by molar-refractivity contribution is 7.93. The first kappa shape index (κ1) is 14.9. The van der Waals surface area contributed by atoms with E-state index in [2.05, 4.69) is 20.0 Å². The third-order valence-electron chi connectivity index (χ3n) is 2.74. The summed E-state index contributed by atoms with van der Waals surface area (Å²) in [7, 11) is -3.71. The molecular formula is C10H16N6O2S2. The van der Waals surface area contributed by atoms with Crippen LogP contribution in [0, 0.1) is 13.8 Å². The summed E-state index contributed by atoms with van der Waals surface area (Å²) >= 11 is 1.12. The summed E-state index contributed by atoms with van der Waals surface area (Å²) in [5, 5.41) is 11.8. The number of nitrogens with zero attached hydrogens (tertiary/aromatic N) is 4. The van der Waals surface area contributed by atoms with E-state index in [1.165, 1.54) is 5.51 Å². The summed E-state index contributed by atoms with van der Waals surface area (Å²) in [6, 6.07) is 0.